The summed E-state index contributed by atoms with van der Waals surface area (Å²) in [5, 5.41) is -1.34. The Morgan fingerprint density at radius 3 is 1.42 bits per heavy atom. The first-order valence-electron chi connectivity index (χ1n) is 10.9. The normalized spacial score (nSPS) is 12.9. The van der Waals surface area contributed by atoms with Crippen LogP contribution in [0.3, 0.4) is 0 Å². The van der Waals surface area contributed by atoms with Crippen molar-refractivity contribution in [3.05, 3.63) is 63.6 Å². The van der Waals surface area contributed by atoms with Gasteiger partial charge in [-0.1, -0.05) is 44.0 Å². The Kier molecular flexibility index (Phi) is 8.21. The maximum atomic E-state index is 13.3. The van der Waals surface area contributed by atoms with Gasteiger partial charge in [-0.3, -0.25) is 0 Å². The maximum Gasteiger partial charge on any atom is 0.417 e. The van der Waals surface area contributed by atoms with Crippen molar-refractivity contribution in [2.75, 3.05) is 0 Å². The third-order valence-corrected chi connectivity index (χ3v) is 10.7. The second-order valence-corrected chi connectivity index (χ2v) is 15.2. The number of hydrogen-bond donors (Lipinski definition) is 0. The van der Waals surface area contributed by atoms with Crippen molar-refractivity contribution < 1.29 is 40.2 Å². The van der Waals surface area contributed by atoms with E-state index in [0.29, 0.717) is 12.1 Å². The molecule has 0 spiro atoms. The van der Waals surface area contributed by atoms with Crippen LogP contribution in [0.1, 0.15) is 31.9 Å². The molecule has 0 aliphatic carbocycles. The zero-order valence-electron chi connectivity index (χ0n) is 20.7. The van der Waals surface area contributed by atoms with Gasteiger partial charge in [0.25, 0.3) is 8.32 Å². The van der Waals surface area contributed by atoms with Gasteiger partial charge in [0.05, 0.1) is 27.2 Å². The molecule has 5 nitrogen and oxygen atoms in total. The summed E-state index contributed by atoms with van der Waals surface area (Å²) in [6.45, 7) is 9.66. The Balaban J connectivity index is 2.04. The van der Waals surface area contributed by atoms with E-state index in [1.165, 1.54) is 12.1 Å². The Morgan fingerprint density at radius 1 is 0.684 bits per heavy atom. The summed E-state index contributed by atoms with van der Waals surface area (Å²) in [6, 6.07) is 6.67. The number of ether oxygens (including phenoxy) is 2. The van der Waals surface area contributed by atoms with E-state index in [0.717, 1.165) is 18.2 Å². The van der Waals surface area contributed by atoms with E-state index in [1.807, 2.05) is 33.9 Å². The lowest BCUT2D eigenvalue weighted by Crippen LogP contribution is -2.44. The number of rotatable bonds is 6. The third-order valence-electron chi connectivity index (χ3n) is 5.74. The first-order chi connectivity index (χ1) is 17.3. The number of alkyl halides is 6. The maximum absolute atomic E-state index is 13.3. The van der Waals surface area contributed by atoms with Gasteiger partial charge in [-0.2, -0.15) is 36.3 Å². The van der Waals surface area contributed by atoms with E-state index in [9.17, 15) is 26.3 Å². The van der Waals surface area contributed by atoms with Crippen LogP contribution in [0.2, 0.25) is 28.2 Å². The van der Waals surface area contributed by atoms with Gasteiger partial charge in [-0.05, 0) is 54.5 Å². The first-order valence-corrected chi connectivity index (χ1v) is 14.6. The average Bonchev–Trinajstić information content (AvgIpc) is 2.73. The Morgan fingerprint density at radius 2 is 1.08 bits per heavy atom. The fraction of sp³-hybridized carbons (Fsp3) is 0.333. The van der Waals surface area contributed by atoms with Gasteiger partial charge in [0.15, 0.2) is 0 Å². The van der Waals surface area contributed by atoms with Crippen molar-refractivity contribution in [2.45, 2.75) is 51.3 Å². The van der Waals surface area contributed by atoms with E-state index in [2.05, 4.69) is 9.97 Å². The van der Waals surface area contributed by atoms with Crippen molar-refractivity contribution in [3.63, 3.8) is 0 Å². The van der Waals surface area contributed by atoms with Gasteiger partial charge in [-0.15, -0.1) is 0 Å². The van der Waals surface area contributed by atoms with Crippen molar-refractivity contribution in [2.24, 2.45) is 0 Å². The molecule has 2 aromatic carbocycles. The Labute approximate surface area is 225 Å². The lowest BCUT2D eigenvalue weighted by molar-refractivity contribution is -0.138. The summed E-state index contributed by atoms with van der Waals surface area (Å²) in [7, 11) is -2.53. The monoisotopic (exact) mass is 598 g/mol. The summed E-state index contributed by atoms with van der Waals surface area (Å²) in [5.74, 6) is -1.06. The summed E-state index contributed by atoms with van der Waals surface area (Å²) in [4.78, 5) is 8.28. The largest absolute Gasteiger partial charge is 0.517 e. The molecule has 0 atom stereocenters. The molecule has 0 saturated heterocycles. The van der Waals surface area contributed by atoms with E-state index in [-0.39, 0.29) is 34.3 Å². The molecule has 1 heterocycles. The molecule has 0 fully saturated rings. The van der Waals surface area contributed by atoms with Crippen LogP contribution in [0.15, 0.2) is 42.5 Å². The topological polar surface area (TPSA) is 53.5 Å². The van der Waals surface area contributed by atoms with E-state index in [4.69, 9.17) is 37.1 Å². The van der Waals surface area contributed by atoms with E-state index >= 15 is 0 Å². The van der Waals surface area contributed by atoms with Crippen LogP contribution in [0, 0.1) is 0 Å². The molecular formula is C24H22Cl2F6N2O3Si. The van der Waals surface area contributed by atoms with Gasteiger partial charge in [0.1, 0.15) is 11.5 Å². The van der Waals surface area contributed by atoms with Crippen molar-refractivity contribution in [1.29, 1.82) is 0 Å². The second kappa shape index (κ2) is 10.5. The molecule has 1 aromatic heterocycles. The molecule has 0 aliphatic heterocycles. The molecule has 3 rings (SSSR count). The minimum atomic E-state index is -4.74. The fourth-order valence-corrected chi connectivity index (χ4v) is 4.03. The van der Waals surface area contributed by atoms with Gasteiger partial charge < -0.3 is 13.9 Å². The number of nitrogens with zero attached hydrogens (tertiary/aromatic N) is 2. The van der Waals surface area contributed by atoms with Crippen LogP contribution in [-0.4, -0.2) is 18.3 Å². The SMILES string of the molecule is CC(C)(C)[Si](C)(C)Oc1nc(Oc2ccc(Cl)c(C(F)(F)F)c2)cc(Oc2ccc(Cl)c(C(F)(F)F)c2)n1. The van der Waals surface area contributed by atoms with Crippen LogP contribution in [0.4, 0.5) is 26.3 Å². The fourth-order valence-electron chi connectivity index (χ4n) is 2.73. The Hall–Kier alpha value is -2.70. The molecule has 0 N–H and O–H groups in total. The molecule has 38 heavy (non-hydrogen) atoms. The minimum Gasteiger partial charge on any atom is -0.517 e. The van der Waals surface area contributed by atoms with Crippen LogP contribution < -0.4 is 13.9 Å². The number of aromatic nitrogens is 2. The Bertz CT molecular complexity index is 1240. The lowest BCUT2D eigenvalue weighted by Gasteiger charge is -2.35. The summed E-state index contributed by atoms with van der Waals surface area (Å²) >= 11 is 11.3. The van der Waals surface area contributed by atoms with Crippen molar-refractivity contribution in [1.82, 2.24) is 9.97 Å². The number of benzene rings is 2. The van der Waals surface area contributed by atoms with Gasteiger partial charge in [-0.25, -0.2) is 0 Å². The van der Waals surface area contributed by atoms with Crippen LogP contribution in [0.5, 0.6) is 29.3 Å². The zero-order chi connectivity index (χ0) is 28.7. The first kappa shape index (κ1) is 29.8. The number of halogens is 8. The lowest BCUT2D eigenvalue weighted by atomic mass is 10.2. The highest BCUT2D eigenvalue weighted by atomic mass is 35.5. The van der Waals surface area contributed by atoms with Gasteiger partial charge >= 0.3 is 18.4 Å². The standard InChI is InChI=1S/C24H22Cl2F6N2O3Si/c1-22(2,3)38(4,5)37-21-33-19(35-13-6-8-17(25)15(10-13)23(27,28)29)12-20(34-21)36-14-7-9-18(26)16(11-14)24(30,31)32/h6-12H,1-5H3. The molecule has 14 heteroatoms. The van der Waals surface area contributed by atoms with Crippen LogP contribution in [-0.2, 0) is 12.4 Å². The molecule has 0 radical (unpaired) electrons. The quantitative estimate of drug-likeness (QED) is 0.209. The smallest absolute Gasteiger partial charge is 0.417 e. The predicted molar refractivity (Wildman–Crippen MR) is 133 cm³/mol. The zero-order valence-corrected chi connectivity index (χ0v) is 23.2. The average molecular weight is 599 g/mol. The van der Waals surface area contributed by atoms with Gasteiger partial charge in [0, 0.05) is 0 Å². The molecule has 0 unspecified atom stereocenters. The molecular weight excluding hydrogens is 577 g/mol. The van der Waals surface area contributed by atoms with Crippen molar-refractivity contribution in [3.8, 4) is 29.3 Å². The van der Waals surface area contributed by atoms with Crippen LogP contribution in [0.25, 0.3) is 0 Å². The highest BCUT2D eigenvalue weighted by molar-refractivity contribution is 6.74. The summed E-state index contributed by atoms with van der Waals surface area (Å²) in [6.07, 6.45) is -9.48. The number of hydrogen-bond acceptors (Lipinski definition) is 5. The van der Waals surface area contributed by atoms with Crippen molar-refractivity contribution >= 4 is 31.5 Å². The molecule has 206 valence electrons. The summed E-state index contributed by atoms with van der Waals surface area (Å²) in [5.41, 5.74) is -2.25. The molecule has 0 aliphatic rings. The highest BCUT2D eigenvalue weighted by Crippen LogP contribution is 2.41. The summed E-state index contributed by atoms with van der Waals surface area (Å²) < 4.78 is 96.9. The molecule has 3 aromatic rings. The van der Waals surface area contributed by atoms with Crippen LogP contribution >= 0.6 is 23.2 Å². The third kappa shape index (κ3) is 7.23. The molecule has 0 bridgehead atoms. The van der Waals surface area contributed by atoms with E-state index < -0.39 is 41.8 Å². The predicted octanol–water partition coefficient (Wildman–Crippen LogP) is 9.79. The highest BCUT2D eigenvalue weighted by Gasteiger charge is 2.40. The minimum absolute atomic E-state index is 0.223. The van der Waals surface area contributed by atoms with Gasteiger partial charge in [0.2, 0.25) is 11.8 Å². The molecule has 0 amide bonds. The van der Waals surface area contributed by atoms with E-state index in [1.54, 1.807) is 0 Å². The second-order valence-electron chi connectivity index (χ2n) is 9.67. The molecule has 0 saturated carbocycles.